The lowest BCUT2D eigenvalue weighted by Crippen LogP contribution is -2.20. The second-order valence-corrected chi connectivity index (χ2v) is 4.11. The molecule has 0 aliphatic carbocycles. The maximum atomic E-state index is 5.82. The fourth-order valence-electron chi connectivity index (χ4n) is 1.85. The van der Waals surface area contributed by atoms with Crippen molar-refractivity contribution in [1.82, 2.24) is 0 Å². The summed E-state index contributed by atoms with van der Waals surface area (Å²) >= 11 is 0. The van der Waals surface area contributed by atoms with Crippen LogP contribution in [0.4, 0.5) is 0 Å². The van der Waals surface area contributed by atoms with Gasteiger partial charge in [-0.05, 0) is 25.8 Å². The average Bonchev–Trinajstić information content (AvgIpc) is 2.36. The minimum absolute atomic E-state index is 0.374. The van der Waals surface area contributed by atoms with Gasteiger partial charge in [-0.15, -0.1) is 6.58 Å². The summed E-state index contributed by atoms with van der Waals surface area (Å²) in [4.78, 5) is 4.40. The normalized spacial score (nSPS) is 14.6. The molecule has 0 amide bonds. The third-order valence-corrected chi connectivity index (χ3v) is 2.86. The third-order valence-electron chi connectivity index (χ3n) is 2.86. The number of ether oxygens (including phenoxy) is 1. The Morgan fingerprint density at radius 1 is 1.41 bits per heavy atom. The molecule has 0 heterocycles. The van der Waals surface area contributed by atoms with Crippen LogP contribution in [0.15, 0.2) is 29.5 Å². The first kappa shape index (κ1) is 16.0. The lowest BCUT2D eigenvalue weighted by Gasteiger charge is -2.19. The second kappa shape index (κ2) is 10.1. The molecule has 0 saturated carbocycles. The third kappa shape index (κ3) is 6.30. The van der Waals surface area contributed by atoms with Gasteiger partial charge in [0.15, 0.2) is 0 Å². The van der Waals surface area contributed by atoms with Gasteiger partial charge in [0.25, 0.3) is 0 Å². The maximum absolute atomic E-state index is 5.82. The summed E-state index contributed by atoms with van der Waals surface area (Å²) in [6, 6.07) is 0. The van der Waals surface area contributed by atoms with Gasteiger partial charge in [-0.25, -0.2) is 0 Å². The van der Waals surface area contributed by atoms with E-state index in [2.05, 4.69) is 25.4 Å². The van der Waals surface area contributed by atoms with Crippen LogP contribution in [0.1, 0.15) is 46.5 Å². The molecule has 0 radical (unpaired) electrons. The molecule has 1 unspecified atom stereocenters. The minimum Gasteiger partial charge on any atom is -0.498 e. The molecule has 0 aromatic heterocycles. The first-order chi connectivity index (χ1) is 8.23. The zero-order valence-electron chi connectivity index (χ0n) is 11.8. The fraction of sp³-hybridized carbons (Fsp3) is 0.667. The van der Waals surface area contributed by atoms with Gasteiger partial charge in [0.2, 0.25) is 0 Å². The Labute approximate surface area is 106 Å². The Hall–Kier alpha value is -1.05. The highest BCUT2D eigenvalue weighted by Crippen LogP contribution is 2.14. The zero-order valence-corrected chi connectivity index (χ0v) is 11.8. The van der Waals surface area contributed by atoms with Crippen LogP contribution in [-0.4, -0.2) is 19.4 Å². The number of aliphatic imine (C=N–C) groups is 1. The molecule has 0 saturated heterocycles. The molecule has 0 bridgehead atoms. The Morgan fingerprint density at radius 2 is 2.12 bits per heavy atom. The highest BCUT2D eigenvalue weighted by atomic mass is 16.5. The van der Waals surface area contributed by atoms with Crippen LogP contribution in [-0.2, 0) is 4.74 Å². The predicted molar refractivity (Wildman–Crippen MR) is 76.6 cm³/mol. The van der Waals surface area contributed by atoms with E-state index >= 15 is 0 Å². The highest BCUT2D eigenvalue weighted by molar-refractivity contribution is 5.86. The number of rotatable bonds is 9. The summed E-state index contributed by atoms with van der Waals surface area (Å²) in [5.41, 5.74) is 1.25. The second-order valence-electron chi connectivity index (χ2n) is 4.11. The number of nitrogens with zero attached hydrogens (tertiary/aromatic N) is 1. The SMILES string of the molecule is C=CCC(CO/C(=C/C)CC)C(CCC)=NC. The molecule has 0 aromatic rings. The van der Waals surface area contributed by atoms with Crippen molar-refractivity contribution in [3.63, 3.8) is 0 Å². The fourth-order valence-corrected chi connectivity index (χ4v) is 1.85. The monoisotopic (exact) mass is 237 g/mol. The van der Waals surface area contributed by atoms with Gasteiger partial charge < -0.3 is 4.74 Å². The van der Waals surface area contributed by atoms with E-state index in [1.807, 2.05) is 26.1 Å². The van der Waals surface area contributed by atoms with E-state index in [9.17, 15) is 0 Å². The van der Waals surface area contributed by atoms with Crippen LogP contribution in [0.2, 0.25) is 0 Å². The predicted octanol–water partition coefficient (Wildman–Crippen LogP) is 4.38. The van der Waals surface area contributed by atoms with Gasteiger partial charge in [0, 0.05) is 25.1 Å². The molecule has 0 aliphatic rings. The van der Waals surface area contributed by atoms with Gasteiger partial charge in [-0.1, -0.05) is 26.3 Å². The minimum atomic E-state index is 0.374. The van der Waals surface area contributed by atoms with Crippen molar-refractivity contribution in [2.45, 2.75) is 46.5 Å². The van der Waals surface area contributed by atoms with Crippen LogP contribution in [0, 0.1) is 5.92 Å². The van der Waals surface area contributed by atoms with E-state index in [1.165, 1.54) is 5.71 Å². The van der Waals surface area contributed by atoms with Crippen molar-refractivity contribution in [2.75, 3.05) is 13.7 Å². The van der Waals surface area contributed by atoms with E-state index in [1.54, 1.807) is 0 Å². The van der Waals surface area contributed by atoms with E-state index in [-0.39, 0.29) is 0 Å². The first-order valence-corrected chi connectivity index (χ1v) is 6.57. The molecule has 0 fully saturated rings. The standard InChI is InChI=1S/C15H27NO/c1-6-10-13(15(16-5)11-7-2)12-17-14(8-3)9-4/h6,8,13H,1,7,9-12H2,2-5H3/b14-8+,16-15?. The van der Waals surface area contributed by atoms with E-state index in [0.717, 1.165) is 31.4 Å². The number of allylic oxidation sites excluding steroid dienone is 3. The van der Waals surface area contributed by atoms with Crippen molar-refractivity contribution in [2.24, 2.45) is 10.9 Å². The molecule has 98 valence electrons. The average molecular weight is 237 g/mol. The summed E-state index contributed by atoms with van der Waals surface area (Å²) in [5, 5.41) is 0. The maximum Gasteiger partial charge on any atom is 0.0960 e. The molecule has 2 heteroatoms. The molecule has 0 aromatic carbocycles. The highest BCUT2D eigenvalue weighted by Gasteiger charge is 2.14. The Balaban J connectivity index is 4.46. The van der Waals surface area contributed by atoms with Crippen LogP contribution in [0.25, 0.3) is 0 Å². The largest absolute Gasteiger partial charge is 0.498 e. The van der Waals surface area contributed by atoms with Gasteiger partial charge in [-0.3, -0.25) is 4.99 Å². The van der Waals surface area contributed by atoms with Gasteiger partial charge in [-0.2, -0.15) is 0 Å². The Bertz CT molecular complexity index is 266. The van der Waals surface area contributed by atoms with Crippen molar-refractivity contribution >= 4 is 5.71 Å². The lowest BCUT2D eigenvalue weighted by atomic mass is 9.97. The smallest absolute Gasteiger partial charge is 0.0960 e. The summed E-state index contributed by atoms with van der Waals surface area (Å²) < 4.78 is 5.82. The lowest BCUT2D eigenvalue weighted by molar-refractivity contribution is 0.181. The van der Waals surface area contributed by atoms with Crippen molar-refractivity contribution in [3.8, 4) is 0 Å². The molecule has 0 spiro atoms. The molecule has 1 atom stereocenters. The van der Waals surface area contributed by atoms with Gasteiger partial charge in [0.1, 0.15) is 0 Å². The topological polar surface area (TPSA) is 21.6 Å². The number of hydrogen-bond acceptors (Lipinski definition) is 2. The van der Waals surface area contributed by atoms with E-state index in [0.29, 0.717) is 12.5 Å². The first-order valence-electron chi connectivity index (χ1n) is 6.57. The van der Waals surface area contributed by atoms with Crippen molar-refractivity contribution in [3.05, 3.63) is 24.5 Å². The van der Waals surface area contributed by atoms with Crippen molar-refractivity contribution < 1.29 is 4.74 Å². The summed E-state index contributed by atoms with van der Waals surface area (Å²) in [6.45, 7) is 10.8. The van der Waals surface area contributed by atoms with Crippen LogP contribution in [0.3, 0.4) is 0 Å². The van der Waals surface area contributed by atoms with E-state index in [4.69, 9.17) is 4.74 Å². The Morgan fingerprint density at radius 3 is 2.53 bits per heavy atom. The zero-order chi connectivity index (χ0) is 13.1. The quantitative estimate of drug-likeness (QED) is 0.331. The molecule has 0 aliphatic heterocycles. The molecular formula is C15H27NO. The summed E-state index contributed by atoms with van der Waals surface area (Å²) in [7, 11) is 1.87. The van der Waals surface area contributed by atoms with E-state index < -0.39 is 0 Å². The Kier molecular flexibility index (Phi) is 9.50. The summed E-state index contributed by atoms with van der Waals surface area (Å²) in [5.74, 6) is 1.44. The summed E-state index contributed by atoms with van der Waals surface area (Å²) in [6.07, 6.45) is 8.06. The van der Waals surface area contributed by atoms with Crippen LogP contribution >= 0.6 is 0 Å². The van der Waals surface area contributed by atoms with Crippen LogP contribution < -0.4 is 0 Å². The van der Waals surface area contributed by atoms with Crippen molar-refractivity contribution in [1.29, 1.82) is 0 Å². The van der Waals surface area contributed by atoms with Gasteiger partial charge in [0.05, 0.1) is 12.4 Å². The molecule has 17 heavy (non-hydrogen) atoms. The molecule has 0 rings (SSSR count). The molecule has 0 N–H and O–H groups in total. The van der Waals surface area contributed by atoms with Crippen LogP contribution in [0.5, 0.6) is 0 Å². The molecular weight excluding hydrogens is 210 g/mol. The number of hydrogen-bond donors (Lipinski definition) is 0. The molecule has 2 nitrogen and oxygen atoms in total. The van der Waals surface area contributed by atoms with Gasteiger partial charge >= 0.3 is 0 Å².